The van der Waals surface area contributed by atoms with E-state index in [1.165, 1.54) is 12.1 Å². The van der Waals surface area contributed by atoms with E-state index in [0.717, 1.165) is 30.4 Å². The molecule has 0 aliphatic heterocycles. The molecule has 1 atom stereocenters. The summed E-state index contributed by atoms with van der Waals surface area (Å²) >= 11 is 6.43. The molecule has 9 heteroatoms. The second-order valence-electron chi connectivity index (χ2n) is 6.00. The Kier molecular flexibility index (Phi) is 8.95. The molecule has 0 saturated carbocycles. The fraction of sp³-hybridized carbons (Fsp3) is 0.278. The first-order chi connectivity index (χ1) is 11.9. The van der Waals surface area contributed by atoms with Crippen LogP contribution in [0.15, 0.2) is 47.4 Å². The Morgan fingerprint density at radius 1 is 1.19 bits per heavy atom. The zero-order chi connectivity index (χ0) is 18.0. The number of hydrogen-bond donors (Lipinski definition) is 2. The molecule has 0 bridgehead atoms. The van der Waals surface area contributed by atoms with Crippen LogP contribution in [-0.4, -0.2) is 25.0 Å². The fourth-order valence-corrected chi connectivity index (χ4v) is 4.90. The molecular formula is C18H21ClNNaO5S. The van der Waals surface area contributed by atoms with Gasteiger partial charge in [-0.25, -0.2) is 8.42 Å². The van der Waals surface area contributed by atoms with Crippen LogP contribution in [0.1, 0.15) is 35.6 Å². The molecule has 0 amide bonds. The van der Waals surface area contributed by atoms with E-state index < -0.39 is 21.5 Å². The Balaban J connectivity index is 0.00000243. The van der Waals surface area contributed by atoms with Gasteiger partial charge in [-0.05, 0) is 53.6 Å². The van der Waals surface area contributed by atoms with Gasteiger partial charge in [0.25, 0.3) is 0 Å². The number of nitrogens with one attached hydrogen (secondary N) is 1. The molecule has 6 nitrogen and oxygen atoms in total. The maximum atomic E-state index is 12.5. The minimum Gasteiger partial charge on any atom is -1.00 e. The summed E-state index contributed by atoms with van der Waals surface area (Å²) in [5.41, 5.74) is 2.18. The minimum absolute atomic E-state index is 0. The Hall–Kier alpha value is -0.930. The van der Waals surface area contributed by atoms with Crippen molar-refractivity contribution >= 4 is 27.6 Å². The second kappa shape index (κ2) is 10.0. The largest absolute Gasteiger partial charge is 1.00 e. The van der Waals surface area contributed by atoms with Crippen molar-refractivity contribution in [2.45, 2.75) is 36.1 Å². The predicted molar refractivity (Wildman–Crippen MR) is 99.9 cm³/mol. The molecule has 0 saturated heterocycles. The summed E-state index contributed by atoms with van der Waals surface area (Å²) in [6, 6.07) is 11.6. The molecule has 0 aromatic heterocycles. The molecular weight excluding hydrogens is 401 g/mol. The number of sulfonamides is 1. The average Bonchev–Trinajstić information content (AvgIpc) is 3.03. The number of hydrogen-bond acceptors (Lipinski definition) is 3. The molecule has 3 rings (SSSR count). The van der Waals surface area contributed by atoms with Gasteiger partial charge >= 0.3 is 35.5 Å². The number of aryl methyl sites for hydroxylation is 1. The van der Waals surface area contributed by atoms with E-state index in [-0.39, 0.29) is 47.8 Å². The van der Waals surface area contributed by atoms with Crippen LogP contribution in [0.2, 0.25) is 0 Å². The quantitative estimate of drug-likeness (QED) is 0.365. The number of fused-ring (bicyclic) bond motifs is 1. The summed E-state index contributed by atoms with van der Waals surface area (Å²) in [4.78, 5) is 11.3. The molecule has 1 unspecified atom stereocenters. The molecule has 0 fully saturated rings. The van der Waals surface area contributed by atoms with E-state index in [9.17, 15) is 13.2 Å². The first kappa shape index (κ1) is 24.1. The maximum Gasteiger partial charge on any atom is 1.00 e. The van der Waals surface area contributed by atoms with Crippen molar-refractivity contribution in [2.75, 3.05) is 0 Å². The van der Waals surface area contributed by atoms with E-state index in [4.69, 9.17) is 16.7 Å². The number of rotatable bonds is 6. The number of carboxylic acids is 1. The van der Waals surface area contributed by atoms with Gasteiger partial charge in [-0.2, -0.15) is 4.72 Å². The van der Waals surface area contributed by atoms with Gasteiger partial charge in [0.15, 0.2) is 0 Å². The third-order valence-corrected chi connectivity index (χ3v) is 6.22. The third kappa shape index (κ3) is 5.54. The van der Waals surface area contributed by atoms with Crippen molar-refractivity contribution in [3.05, 3.63) is 64.7 Å². The molecule has 27 heavy (non-hydrogen) atoms. The molecule has 2 aromatic rings. The molecule has 0 heterocycles. The van der Waals surface area contributed by atoms with Crippen LogP contribution in [0.4, 0.5) is 0 Å². The molecule has 1 aliphatic carbocycles. The zero-order valence-electron chi connectivity index (χ0n) is 15.9. The van der Waals surface area contributed by atoms with E-state index >= 15 is 0 Å². The first-order valence-electron chi connectivity index (χ1n) is 7.95. The average molecular weight is 422 g/mol. The van der Waals surface area contributed by atoms with Gasteiger partial charge in [0.05, 0.1) is 11.3 Å². The van der Waals surface area contributed by atoms with Crippen LogP contribution in [0, 0.1) is 0 Å². The third-order valence-electron chi connectivity index (χ3n) is 4.32. The van der Waals surface area contributed by atoms with Crippen LogP contribution < -0.4 is 34.3 Å². The molecule has 4 N–H and O–H groups in total. The zero-order valence-corrected chi connectivity index (χ0v) is 18.5. The van der Waals surface area contributed by atoms with Gasteiger partial charge in [-0.1, -0.05) is 41.9 Å². The summed E-state index contributed by atoms with van der Waals surface area (Å²) in [5, 5.41) is 9.15. The van der Waals surface area contributed by atoms with Crippen molar-refractivity contribution < 1.29 is 54.8 Å². The number of carbonyl (C=O) groups is 1. The fourth-order valence-electron chi connectivity index (χ4n) is 3.24. The van der Waals surface area contributed by atoms with Crippen LogP contribution in [0.3, 0.4) is 0 Å². The molecule has 142 valence electrons. The summed E-state index contributed by atoms with van der Waals surface area (Å²) < 4.78 is 27.6. The topological polar surface area (TPSA) is 115 Å². The smallest absolute Gasteiger partial charge is 1.00 e. The molecule has 2 aromatic carbocycles. The Bertz CT molecular complexity index is 912. The van der Waals surface area contributed by atoms with E-state index in [0.29, 0.717) is 11.1 Å². The Morgan fingerprint density at radius 3 is 2.48 bits per heavy atom. The molecule has 0 radical (unpaired) electrons. The van der Waals surface area contributed by atoms with E-state index in [2.05, 4.69) is 4.72 Å². The van der Waals surface area contributed by atoms with Gasteiger partial charge < -0.3 is 12.0 Å². The van der Waals surface area contributed by atoms with Crippen molar-refractivity contribution in [3.63, 3.8) is 0 Å². The summed E-state index contributed by atoms with van der Waals surface area (Å²) in [6.07, 6.45) is 2.42. The second-order valence-corrected chi connectivity index (χ2v) is 8.15. The van der Waals surface area contributed by atoms with Crippen LogP contribution in [0.5, 0.6) is 0 Å². The van der Waals surface area contributed by atoms with E-state index in [1.807, 2.05) is 6.07 Å². The normalized spacial score (nSPS) is 13.8. The van der Waals surface area contributed by atoms with Gasteiger partial charge in [0, 0.05) is 0 Å². The van der Waals surface area contributed by atoms with Crippen molar-refractivity contribution in [1.82, 2.24) is 4.72 Å². The van der Waals surface area contributed by atoms with Gasteiger partial charge in [0.1, 0.15) is 5.50 Å². The summed E-state index contributed by atoms with van der Waals surface area (Å²) in [7, 11) is -3.80. The Morgan fingerprint density at radius 2 is 1.85 bits per heavy atom. The van der Waals surface area contributed by atoms with Crippen molar-refractivity contribution in [2.24, 2.45) is 0 Å². The minimum atomic E-state index is -3.80. The van der Waals surface area contributed by atoms with Crippen molar-refractivity contribution in [1.29, 1.82) is 0 Å². The number of alkyl halides is 1. The van der Waals surface area contributed by atoms with E-state index in [1.54, 1.807) is 24.3 Å². The summed E-state index contributed by atoms with van der Waals surface area (Å²) in [5.74, 6) is -0.978. The standard InChI is InChI=1S/C18H18ClNO4S.Na.H2O.H/c19-18(20-25(23,24)14-6-2-1-3-7-14)17-13(11-16(21)22)10-9-12-5-4-8-15(12)17;;;/h1-3,6-7,9-10,18,20H,4-5,8,11H2,(H,21,22);;1H2;/q;+1;;-1. The maximum absolute atomic E-state index is 12.5. The molecule has 0 spiro atoms. The van der Waals surface area contributed by atoms with Crippen LogP contribution in [0.25, 0.3) is 0 Å². The van der Waals surface area contributed by atoms with Crippen LogP contribution >= 0.6 is 11.6 Å². The summed E-state index contributed by atoms with van der Waals surface area (Å²) in [6.45, 7) is 0. The predicted octanol–water partition coefficient (Wildman–Crippen LogP) is -0.690. The number of carboxylic acid groups (broad SMARTS) is 1. The van der Waals surface area contributed by atoms with Gasteiger partial charge in [-0.15, -0.1) is 0 Å². The first-order valence-corrected chi connectivity index (χ1v) is 9.87. The van der Waals surface area contributed by atoms with Gasteiger partial charge in [-0.3, -0.25) is 4.79 Å². The molecule has 1 aliphatic rings. The van der Waals surface area contributed by atoms with Crippen LogP contribution in [-0.2, 0) is 34.1 Å². The van der Waals surface area contributed by atoms with Gasteiger partial charge in [0.2, 0.25) is 10.0 Å². The SMILES string of the molecule is O.O=C(O)Cc1ccc2c(c1C(Cl)NS(=O)(=O)c1ccccc1)CCC2.[H-].[Na+]. The monoisotopic (exact) mass is 421 g/mol. The number of benzene rings is 2. The number of halogens is 1. The Labute approximate surface area is 187 Å². The number of aliphatic carboxylic acids is 1. The van der Waals surface area contributed by atoms with Crippen molar-refractivity contribution in [3.8, 4) is 0 Å².